The third-order valence-electron chi connectivity index (χ3n) is 4.97. The number of aryl methyl sites for hydroxylation is 1. The summed E-state index contributed by atoms with van der Waals surface area (Å²) in [5, 5.41) is 2.99. The molecule has 0 unspecified atom stereocenters. The summed E-state index contributed by atoms with van der Waals surface area (Å²) < 4.78 is 27.1. The fourth-order valence-electron chi connectivity index (χ4n) is 3.38. The van der Waals surface area contributed by atoms with Gasteiger partial charge in [-0.05, 0) is 35.7 Å². The summed E-state index contributed by atoms with van der Waals surface area (Å²) in [7, 11) is -3.63. The molecule has 3 rings (SSSR count). The molecule has 0 heterocycles. The van der Waals surface area contributed by atoms with Crippen LogP contribution in [0.1, 0.15) is 39.9 Å². The number of sulfonamides is 1. The highest BCUT2D eigenvalue weighted by atomic mass is 32.2. The molecule has 0 aliphatic rings. The fraction of sp³-hybridized carbons (Fsp3) is 0.208. The van der Waals surface area contributed by atoms with Gasteiger partial charge in [-0.15, -0.1) is 0 Å². The first-order valence-electron chi connectivity index (χ1n) is 9.90. The first-order chi connectivity index (χ1) is 14.4. The average Bonchev–Trinajstić information content (AvgIpc) is 2.75. The first-order valence-corrected chi connectivity index (χ1v) is 11.4. The molecule has 0 saturated carbocycles. The highest BCUT2D eigenvalue weighted by Gasteiger charge is 2.19. The van der Waals surface area contributed by atoms with Crippen molar-refractivity contribution in [1.82, 2.24) is 10.0 Å². The standard InChI is InChI=1S/C24H26N2O3S/c1-3-26-30(28,29)21-15-14-18(2)22(16-21)24(27)25-17-23(19-10-6-4-7-11-19)20-12-8-5-9-13-20/h4-16,23,26H,3,17H2,1-2H3,(H,25,27). The quantitative estimate of drug-likeness (QED) is 0.579. The van der Waals surface area contributed by atoms with Crippen molar-refractivity contribution in [2.75, 3.05) is 13.1 Å². The lowest BCUT2D eigenvalue weighted by atomic mass is 9.91. The lowest BCUT2D eigenvalue weighted by Gasteiger charge is -2.19. The van der Waals surface area contributed by atoms with E-state index in [1.807, 2.05) is 60.7 Å². The van der Waals surface area contributed by atoms with Gasteiger partial charge in [0.1, 0.15) is 0 Å². The van der Waals surface area contributed by atoms with E-state index in [4.69, 9.17) is 0 Å². The van der Waals surface area contributed by atoms with Crippen LogP contribution in [-0.4, -0.2) is 27.4 Å². The summed E-state index contributed by atoms with van der Waals surface area (Å²) in [5.74, 6) is -0.303. The highest BCUT2D eigenvalue weighted by Crippen LogP contribution is 2.24. The molecule has 6 heteroatoms. The molecule has 156 valence electrons. The number of amides is 1. The van der Waals surface area contributed by atoms with Gasteiger partial charge in [0.05, 0.1) is 4.90 Å². The first kappa shape index (κ1) is 21.7. The van der Waals surface area contributed by atoms with Crippen molar-refractivity contribution >= 4 is 15.9 Å². The molecule has 0 aliphatic carbocycles. The number of nitrogens with one attached hydrogen (secondary N) is 2. The summed E-state index contributed by atoms with van der Waals surface area (Å²) in [6.07, 6.45) is 0. The fourth-order valence-corrected chi connectivity index (χ4v) is 4.44. The number of rotatable bonds is 8. The summed E-state index contributed by atoms with van der Waals surface area (Å²) in [4.78, 5) is 13.0. The van der Waals surface area contributed by atoms with Crippen molar-refractivity contribution < 1.29 is 13.2 Å². The van der Waals surface area contributed by atoms with Gasteiger partial charge in [-0.3, -0.25) is 4.79 Å². The molecule has 0 aliphatic heterocycles. The van der Waals surface area contributed by atoms with Gasteiger partial charge in [-0.2, -0.15) is 0 Å². The molecule has 5 nitrogen and oxygen atoms in total. The van der Waals surface area contributed by atoms with Crippen LogP contribution in [0.15, 0.2) is 83.8 Å². The van der Waals surface area contributed by atoms with E-state index in [0.717, 1.165) is 16.7 Å². The third kappa shape index (κ3) is 5.14. The molecule has 0 bridgehead atoms. The van der Waals surface area contributed by atoms with Gasteiger partial charge in [0, 0.05) is 24.6 Å². The minimum atomic E-state index is -3.63. The van der Waals surface area contributed by atoms with Crippen molar-refractivity contribution in [1.29, 1.82) is 0 Å². The van der Waals surface area contributed by atoms with E-state index in [0.29, 0.717) is 12.1 Å². The van der Waals surface area contributed by atoms with Crippen molar-refractivity contribution in [2.45, 2.75) is 24.7 Å². The van der Waals surface area contributed by atoms with E-state index in [1.54, 1.807) is 19.9 Å². The number of benzene rings is 3. The van der Waals surface area contributed by atoms with Crippen molar-refractivity contribution in [3.8, 4) is 0 Å². The normalized spacial score (nSPS) is 11.4. The number of hydrogen-bond donors (Lipinski definition) is 2. The van der Waals surface area contributed by atoms with E-state index >= 15 is 0 Å². The highest BCUT2D eigenvalue weighted by molar-refractivity contribution is 7.89. The average molecular weight is 423 g/mol. The monoisotopic (exact) mass is 422 g/mol. The zero-order valence-corrected chi connectivity index (χ0v) is 17.9. The predicted octanol–water partition coefficient (Wildman–Crippen LogP) is 3.86. The molecule has 3 aromatic carbocycles. The van der Waals surface area contributed by atoms with E-state index in [-0.39, 0.29) is 23.3 Å². The van der Waals surface area contributed by atoms with Gasteiger partial charge in [0.2, 0.25) is 10.0 Å². The molecular formula is C24H26N2O3S. The predicted molar refractivity (Wildman–Crippen MR) is 119 cm³/mol. The van der Waals surface area contributed by atoms with Gasteiger partial charge < -0.3 is 5.32 Å². The van der Waals surface area contributed by atoms with Gasteiger partial charge in [0.25, 0.3) is 5.91 Å². The van der Waals surface area contributed by atoms with Crippen molar-refractivity contribution in [3.63, 3.8) is 0 Å². The minimum Gasteiger partial charge on any atom is -0.351 e. The Morgan fingerprint density at radius 1 is 0.900 bits per heavy atom. The van der Waals surface area contributed by atoms with Gasteiger partial charge in [-0.25, -0.2) is 13.1 Å². The van der Waals surface area contributed by atoms with Crippen LogP contribution in [0.3, 0.4) is 0 Å². The summed E-state index contributed by atoms with van der Waals surface area (Å²) in [5.41, 5.74) is 3.28. The summed E-state index contributed by atoms with van der Waals surface area (Å²) >= 11 is 0. The van der Waals surface area contributed by atoms with E-state index in [1.165, 1.54) is 12.1 Å². The van der Waals surface area contributed by atoms with Crippen LogP contribution in [0.25, 0.3) is 0 Å². The van der Waals surface area contributed by atoms with Crippen LogP contribution >= 0.6 is 0 Å². The molecule has 2 N–H and O–H groups in total. The van der Waals surface area contributed by atoms with Crippen LogP contribution in [0.5, 0.6) is 0 Å². The second-order valence-electron chi connectivity index (χ2n) is 7.06. The maximum atomic E-state index is 12.9. The lowest BCUT2D eigenvalue weighted by Crippen LogP contribution is -2.30. The Labute approximate surface area is 178 Å². The largest absolute Gasteiger partial charge is 0.351 e. The zero-order valence-electron chi connectivity index (χ0n) is 17.1. The third-order valence-corrected chi connectivity index (χ3v) is 6.51. The molecule has 3 aromatic rings. The second-order valence-corrected chi connectivity index (χ2v) is 8.83. The molecule has 1 amide bonds. The van der Waals surface area contributed by atoms with Gasteiger partial charge in [0.15, 0.2) is 0 Å². The molecule has 0 aromatic heterocycles. The smallest absolute Gasteiger partial charge is 0.251 e. The molecule has 0 fully saturated rings. The molecule has 0 saturated heterocycles. The van der Waals surface area contributed by atoms with Crippen LogP contribution in [0, 0.1) is 6.92 Å². The SMILES string of the molecule is CCNS(=O)(=O)c1ccc(C)c(C(=O)NCC(c2ccccc2)c2ccccc2)c1. The Hall–Kier alpha value is -2.96. The number of hydrogen-bond acceptors (Lipinski definition) is 3. The van der Waals surface area contributed by atoms with Crippen molar-refractivity contribution in [2.24, 2.45) is 0 Å². The van der Waals surface area contributed by atoms with Crippen LogP contribution < -0.4 is 10.0 Å². The Balaban J connectivity index is 1.84. The summed E-state index contributed by atoms with van der Waals surface area (Å²) in [6, 6.07) is 24.6. The van der Waals surface area contributed by atoms with Crippen LogP contribution in [-0.2, 0) is 10.0 Å². The number of carbonyl (C=O) groups excluding carboxylic acids is 1. The molecule has 0 radical (unpaired) electrons. The van der Waals surface area contributed by atoms with Crippen LogP contribution in [0.4, 0.5) is 0 Å². The topological polar surface area (TPSA) is 75.3 Å². The molecule has 30 heavy (non-hydrogen) atoms. The maximum Gasteiger partial charge on any atom is 0.251 e. The van der Waals surface area contributed by atoms with Gasteiger partial charge in [-0.1, -0.05) is 73.7 Å². The van der Waals surface area contributed by atoms with E-state index < -0.39 is 10.0 Å². The zero-order chi connectivity index (χ0) is 21.6. The molecule has 0 spiro atoms. The second kappa shape index (κ2) is 9.69. The van der Waals surface area contributed by atoms with Gasteiger partial charge >= 0.3 is 0 Å². The Bertz CT molecular complexity index is 1060. The minimum absolute atomic E-state index is 0.00895. The lowest BCUT2D eigenvalue weighted by molar-refractivity contribution is 0.0951. The Kier molecular flexibility index (Phi) is 7.03. The maximum absolute atomic E-state index is 12.9. The summed E-state index contributed by atoms with van der Waals surface area (Å²) in [6.45, 7) is 4.20. The molecular weight excluding hydrogens is 396 g/mol. The Morgan fingerprint density at radius 2 is 1.47 bits per heavy atom. The van der Waals surface area contributed by atoms with Crippen LogP contribution in [0.2, 0.25) is 0 Å². The van der Waals surface area contributed by atoms with E-state index in [2.05, 4.69) is 10.0 Å². The Morgan fingerprint density at radius 3 is 2.00 bits per heavy atom. The molecule has 0 atom stereocenters. The number of carbonyl (C=O) groups is 1. The van der Waals surface area contributed by atoms with E-state index in [9.17, 15) is 13.2 Å². The van der Waals surface area contributed by atoms with Crippen molar-refractivity contribution in [3.05, 3.63) is 101 Å².